The first-order valence-electron chi connectivity index (χ1n) is 10.9. The Labute approximate surface area is 183 Å². The fraction of sp³-hybridized carbons (Fsp3) is 0.545. The number of anilines is 1. The van der Waals surface area contributed by atoms with Crippen LogP contribution in [0.1, 0.15) is 29.3 Å². The van der Waals surface area contributed by atoms with Crippen molar-refractivity contribution in [3.8, 4) is 0 Å². The molecule has 2 N–H and O–H groups in total. The quantitative estimate of drug-likeness (QED) is 0.710. The second-order valence-corrected chi connectivity index (χ2v) is 9.13. The molecule has 2 amide bonds. The average Bonchev–Trinajstić information content (AvgIpc) is 3.48. The van der Waals surface area contributed by atoms with Gasteiger partial charge in [-0.25, -0.2) is 9.78 Å². The molecule has 0 bridgehead atoms. The van der Waals surface area contributed by atoms with Crippen LogP contribution in [0, 0.1) is 0 Å². The SMILES string of the molecule is CN1CCN(c2cc(CNC(=O)NCC(c3cccs3)N3CCCC3)ccn2)CC1. The van der Waals surface area contributed by atoms with Crippen molar-refractivity contribution in [2.24, 2.45) is 0 Å². The summed E-state index contributed by atoms with van der Waals surface area (Å²) in [5.74, 6) is 0.995. The zero-order valence-corrected chi connectivity index (χ0v) is 18.5. The van der Waals surface area contributed by atoms with Gasteiger partial charge in [-0.1, -0.05) is 6.07 Å². The van der Waals surface area contributed by atoms with Crippen molar-refractivity contribution in [3.05, 3.63) is 46.3 Å². The first-order valence-corrected chi connectivity index (χ1v) is 11.7. The third kappa shape index (κ3) is 5.50. The van der Waals surface area contributed by atoms with E-state index >= 15 is 0 Å². The Kier molecular flexibility index (Phi) is 7.20. The van der Waals surface area contributed by atoms with Gasteiger partial charge in [0.25, 0.3) is 0 Å². The maximum absolute atomic E-state index is 12.5. The van der Waals surface area contributed by atoms with E-state index in [0.29, 0.717) is 13.1 Å². The third-order valence-corrected chi connectivity index (χ3v) is 6.97. The molecule has 162 valence electrons. The Bertz CT molecular complexity index is 800. The van der Waals surface area contributed by atoms with Gasteiger partial charge in [0.1, 0.15) is 5.82 Å². The second kappa shape index (κ2) is 10.2. The van der Waals surface area contributed by atoms with Crippen LogP contribution in [0.25, 0.3) is 0 Å². The van der Waals surface area contributed by atoms with Gasteiger partial charge in [-0.05, 0) is 62.1 Å². The molecule has 2 aromatic heterocycles. The number of carbonyl (C=O) groups excluding carboxylic acids is 1. The molecule has 0 saturated carbocycles. The van der Waals surface area contributed by atoms with Crippen LogP contribution in [0.5, 0.6) is 0 Å². The lowest BCUT2D eigenvalue weighted by Crippen LogP contribution is -2.44. The van der Waals surface area contributed by atoms with Crippen molar-refractivity contribution >= 4 is 23.2 Å². The minimum Gasteiger partial charge on any atom is -0.354 e. The average molecular weight is 429 g/mol. The van der Waals surface area contributed by atoms with Gasteiger partial charge < -0.3 is 20.4 Å². The second-order valence-electron chi connectivity index (χ2n) is 8.15. The molecule has 2 fully saturated rings. The summed E-state index contributed by atoms with van der Waals surface area (Å²) < 4.78 is 0. The van der Waals surface area contributed by atoms with Crippen LogP contribution in [0.3, 0.4) is 0 Å². The first kappa shape index (κ1) is 21.1. The Hall–Kier alpha value is -2.16. The summed E-state index contributed by atoms with van der Waals surface area (Å²) in [5, 5.41) is 8.20. The molecule has 4 rings (SSSR count). The molecular formula is C22H32N6OS. The molecular weight excluding hydrogens is 396 g/mol. The number of pyridine rings is 1. The standard InChI is InChI=1S/C22H32N6OS/c1-26-10-12-28(13-11-26)21-15-18(6-7-23-21)16-24-22(29)25-17-19(20-5-4-14-30-20)27-8-2-3-9-27/h4-7,14-15,19H,2-3,8-13,16-17H2,1H3,(H2,24,25,29). The molecule has 0 aliphatic carbocycles. The lowest BCUT2D eigenvalue weighted by molar-refractivity contribution is 0.222. The third-order valence-electron chi connectivity index (χ3n) is 6.00. The summed E-state index contributed by atoms with van der Waals surface area (Å²) in [6, 6.07) is 8.47. The number of hydrogen-bond donors (Lipinski definition) is 2. The predicted molar refractivity (Wildman–Crippen MR) is 122 cm³/mol. The fourth-order valence-corrected chi connectivity index (χ4v) is 5.02. The number of hydrogen-bond acceptors (Lipinski definition) is 6. The molecule has 7 nitrogen and oxygen atoms in total. The molecule has 8 heteroatoms. The van der Waals surface area contributed by atoms with Crippen LogP contribution >= 0.6 is 11.3 Å². The Morgan fingerprint density at radius 3 is 2.67 bits per heavy atom. The smallest absolute Gasteiger partial charge is 0.315 e. The van der Waals surface area contributed by atoms with Gasteiger partial charge in [-0.15, -0.1) is 11.3 Å². The molecule has 1 unspecified atom stereocenters. The molecule has 4 heterocycles. The van der Waals surface area contributed by atoms with E-state index in [2.05, 4.69) is 60.9 Å². The van der Waals surface area contributed by atoms with E-state index in [-0.39, 0.29) is 12.1 Å². The van der Waals surface area contributed by atoms with Gasteiger partial charge in [0.05, 0.1) is 6.04 Å². The van der Waals surface area contributed by atoms with Crippen LogP contribution in [0.4, 0.5) is 10.6 Å². The highest BCUT2D eigenvalue weighted by atomic mass is 32.1. The summed E-state index contributed by atoms with van der Waals surface area (Å²) in [5.41, 5.74) is 1.07. The molecule has 0 radical (unpaired) electrons. The van der Waals surface area contributed by atoms with Gasteiger partial charge in [0.15, 0.2) is 0 Å². The summed E-state index contributed by atoms with van der Waals surface area (Å²) in [6.45, 7) is 7.43. The Morgan fingerprint density at radius 1 is 1.13 bits per heavy atom. The number of thiophene rings is 1. The molecule has 1 atom stereocenters. The minimum absolute atomic E-state index is 0.117. The van der Waals surface area contributed by atoms with E-state index in [1.54, 1.807) is 11.3 Å². The van der Waals surface area contributed by atoms with Crippen LogP contribution < -0.4 is 15.5 Å². The van der Waals surface area contributed by atoms with E-state index in [4.69, 9.17) is 0 Å². The number of carbonyl (C=O) groups is 1. The number of aromatic nitrogens is 1. The van der Waals surface area contributed by atoms with Crippen molar-refractivity contribution in [2.75, 3.05) is 57.8 Å². The summed E-state index contributed by atoms with van der Waals surface area (Å²) in [6.07, 6.45) is 4.32. The monoisotopic (exact) mass is 428 g/mol. The highest BCUT2D eigenvalue weighted by Gasteiger charge is 2.24. The molecule has 30 heavy (non-hydrogen) atoms. The first-order chi connectivity index (χ1) is 14.7. The number of likely N-dealkylation sites (N-methyl/N-ethyl adjacent to an activating group) is 1. The Morgan fingerprint density at radius 2 is 1.93 bits per heavy atom. The maximum Gasteiger partial charge on any atom is 0.315 e. The van der Waals surface area contributed by atoms with E-state index < -0.39 is 0 Å². The van der Waals surface area contributed by atoms with Crippen molar-refractivity contribution in [1.82, 2.24) is 25.4 Å². The molecule has 2 aliphatic heterocycles. The zero-order valence-electron chi connectivity index (χ0n) is 17.7. The number of nitrogens with one attached hydrogen (secondary N) is 2. The van der Waals surface area contributed by atoms with Crippen molar-refractivity contribution in [2.45, 2.75) is 25.4 Å². The van der Waals surface area contributed by atoms with Gasteiger partial charge in [0.2, 0.25) is 0 Å². The number of piperazine rings is 1. The van der Waals surface area contributed by atoms with E-state index in [9.17, 15) is 4.79 Å². The molecule has 0 spiro atoms. The minimum atomic E-state index is -0.117. The van der Waals surface area contributed by atoms with E-state index in [0.717, 1.165) is 50.6 Å². The molecule has 0 aromatic carbocycles. The predicted octanol–water partition coefficient (Wildman–Crippen LogP) is 2.53. The van der Waals surface area contributed by atoms with E-state index in [1.807, 2.05) is 12.3 Å². The highest BCUT2D eigenvalue weighted by Crippen LogP contribution is 2.27. The van der Waals surface area contributed by atoms with Crippen LogP contribution in [-0.2, 0) is 6.54 Å². The lowest BCUT2D eigenvalue weighted by Gasteiger charge is -2.33. The van der Waals surface area contributed by atoms with Gasteiger partial charge in [0, 0.05) is 50.3 Å². The van der Waals surface area contributed by atoms with E-state index in [1.165, 1.54) is 17.7 Å². The van der Waals surface area contributed by atoms with Crippen LogP contribution in [0.15, 0.2) is 35.8 Å². The van der Waals surface area contributed by atoms with Gasteiger partial charge in [-0.2, -0.15) is 0 Å². The molecule has 2 aliphatic rings. The van der Waals surface area contributed by atoms with Gasteiger partial charge >= 0.3 is 6.03 Å². The maximum atomic E-state index is 12.5. The molecule has 2 aromatic rings. The number of likely N-dealkylation sites (tertiary alicyclic amines) is 1. The Balaban J connectivity index is 1.27. The van der Waals surface area contributed by atoms with Gasteiger partial charge in [-0.3, -0.25) is 4.90 Å². The number of rotatable bonds is 7. The van der Waals surface area contributed by atoms with Crippen LogP contribution in [0.2, 0.25) is 0 Å². The van der Waals surface area contributed by atoms with Crippen LogP contribution in [-0.4, -0.2) is 73.7 Å². The van der Waals surface area contributed by atoms with Crippen molar-refractivity contribution in [3.63, 3.8) is 0 Å². The zero-order chi connectivity index (χ0) is 20.8. The summed E-state index contributed by atoms with van der Waals surface area (Å²) >= 11 is 1.77. The number of amides is 2. The summed E-state index contributed by atoms with van der Waals surface area (Å²) in [7, 11) is 2.15. The largest absolute Gasteiger partial charge is 0.354 e. The fourth-order valence-electron chi connectivity index (χ4n) is 4.16. The van der Waals surface area contributed by atoms with Crippen molar-refractivity contribution < 1.29 is 4.79 Å². The lowest BCUT2D eigenvalue weighted by atomic mass is 10.2. The number of nitrogens with zero attached hydrogens (tertiary/aromatic N) is 4. The topological polar surface area (TPSA) is 63.7 Å². The normalized spacial score (nSPS) is 19.0. The highest BCUT2D eigenvalue weighted by molar-refractivity contribution is 7.10. The number of urea groups is 1. The summed E-state index contributed by atoms with van der Waals surface area (Å²) in [4.78, 5) is 25.4. The molecule has 2 saturated heterocycles. The van der Waals surface area contributed by atoms with Crippen molar-refractivity contribution in [1.29, 1.82) is 0 Å².